The molecule has 0 spiro atoms. The van der Waals surface area contributed by atoms with Crippen LogP contribution >= 0.6 is 0 Å². The van der Waals surface area contributed by atoms with Crippen LogP contribution in [0.15, 0.2) is 24.3 Å². The Balaban J connectivity index is 1.88. The van der Waals surface area contributed by atoms with Gasteiger partial charge in [0, 0.05) is 6.54 Å². The van der Waals surface area contributed by atoms with Crippen LogP contribution in [0.25, 0.3) is 0 Å². The predicted octanol–water partition coefficient (Wildman–Crippen LogP) is 3.75. The normalized spacial score (nSPS) is 20.7. The largest absolute Gasteiger partial charge is 0.489 e. The van der Waals surface area contributed by atoms with E-state index >= 15 is 0 Å². The van der Waals surface area contributed by atoms with E-state index in [1.54, 1.807) is 0 Å². The summed E-state index contributed by atoms with van der Waals surface area (Å²) in [6.07, 6.45) is 3.95. The molecule has 0 aromatic heterocycles. The fourth-order valence-corrected chi connectivity index (χ4v) is 2.76. The first-order valence-corrected chi connectivity index (χ1v) is 7.65. The molecule has 1 aliphatic heterocycles. The minimum atomic E-state index is 0.365. The predicted molar refractivity (Wildman–Crippen MR) is 80.7 cm³/mol. The number of hydrogen-bond acceptors (Lipinski definition) is 2. The van der Waals surface area contributed by atoms with Gasteiger partial charge >= 0.3 is 0 Å². The van der Waals surface area contributed by atoms with Crippen LogP contribution in [0.3, 0.4) is 0 Å². The molecule has 2 nitrogen and oxygen atoms in total. The zero-order valence-electron chi connectivity index (χ0n) is 12.6. The molecule has 0 amide bonds. The highest BCUT2D eigenvalue weighted by Gasteiger charge is 2.19. The lowest BCUT2D eigenvalue weighted by atomic mass is 10.0. The first-order valence-electron chi connectivity index (χ1n) is 7.65. The Morgan fingerprint density at radius 3 is 2.63 bits per heavy atom. The minimum absolute atomic E-state index is 0.365. The van der Waals surface area contributed by atoms with E-state index in [0.29, 0.717) is 12.0 Å². The van der Waals surface area contributed by atoms with Gasteiger partial charge in [0.2, 0.25) is 0 Å². The molecule has 2 heteroatoms. The lowest BCUT2D eigenvalue weighted by Crippen LogP contribution is -2.40. The van der Waals surface area contributed by atoms with Gasteiger partial charge in [-0.05, 0) is 56.0 Å². The van der Waals surface area contributed by atoms with Crippen LogP contribution < -0.4 is 4.74 Å². The van der Waals surface area contributed by atoms with Crippen LogP contribution in [0.5, 0.6) is 5.75 Å². The third-order valence-electron chi connectivity index (χ3n) is 3.78. The molecule has 106 valence electrons. The summed E-state index contributed by atoms with van der Waals surface area (Å²) in [6.45, 7) is 10.2. The monoisotopic (exact) mass is 261 g/mol. The van der Waals surface area contributed by atoms with Gasteiger partial charge in [0.15, 0.2) is 0 Å². The molecule has 1 unspecified atom stereocenters. The molecule has 0 radical (unpaired) electrons. The van der Waals surface area contributed by atoms with E-state index in [2.05, 4.69) is 49.9 Å². The number of nitrogens with zero attached hydrogens (tertiary/aromatic N) is 1. The van der Waals surface area contributed by atoms with Crippen molar-refractivity contribution in [3.63, 3.8) is 0 Å². The lowest BCUT2D eigenvalue weighted by Gasteiger charge is -2.32. The maximum atomic E-state index is 6.11. The summed E-state index contributed by atoms with van der Waals surface area (Å²) in [5, 5.41) is 0. The molecule has 1 atom stereocenters. The molecule has 0 aliphatic carbocycles. The number of hydrogen-bond donors (Lipinski definition) is 0. The summed E-state index contributed by atoms with van der Waals surface area (Å²) in [5.41, 5.74) is 1.40. The Hall–Kier alpha value is -1.02. The highest BCUT2D eigenvalue weighted by atomic mass is 16.5. The number of rotatable bonds is 5. The van der Waals surface area contributed by atoms with Crippen LogP contribution in [0.2, 0.25) is 0 Å². The summed E-state index contributed by atoms with van der Waals surface area (Å²) in [5.74, 6) is 1.73. The summed E-state index contributed by atoms with van der Waals surface area (Å²) in [6, 6.07) is 8.66. The van der Waals surface area contributed by atoms with Crippen molar-refractivity contribution in [2.45, 2.75) is 46.1 Å². The van der Waals surface area contributed by atoms with Gasteiger partial charge < -0.3 is 4.74 Å². The molecule has 0 saturated carbocycles. The van der Waals surface area contributed by atoms with Crippen molar-refractivity contribution in [3.05, 3.63) is 29.8 Å². The Morgan fingerprint density at radius 2 is 2.00 bits per heavy atom. The summed E-state index contributed by atoms with van der Waals surface area (Å²) < 4.78 is 6.11. The molecule has 1 aromatic rings. The molecule has 19 heavy (non-hydrogen) atoms. The average Bonchev–Trinajstić information content (AvgIpc) is 2.41. The fraction of sp³-hybridized carbons (Fsp3) is 0.647. The van der Waals surface area contributed by atoms with Gasteiger partial charge in [-0.2, -0.15) is 0 Å². The van der Waals surface area contributed by atoms with Crippen molar-refractivity contribution in [2.75, 3.05) is 19.6 Å². The van der Waals surface area contributed by atoms with Gasteiger partial charge in [-0.3, -0.25) is 4.90 Å². The van der Waals surface area contributed by atoms with Gasteiger partial charge in [0.25, 0.3) is 0 Å². The van der Waals surface area contributed by atoms with Gasteiger partial charge in [0.05, 0.1) is 0 Å². The third kappa shape index (κ3) is 4.54. The van der Waals surface area contributed by atoms with Crippen molar-refractivity contribution >= 4 is 0 Å². The van der Waals surface area contributed by atoms with E-state index in [0.717, 1.165) is 25.3 Å². The smallest absolute Gasteiger partial charge is 0.119 e. The van der Waals surface area contributed by atoms with E-state index in [-0.39, 0.29) is 0 Å². The van der Waals surface area contributed by atoms with Crippen molar-refractivity contribution in [2.24, 2.45) is 5.92 Å². The number of benzene rings is 1. The number of likely N-dealkylation sites (N-methyl/N-ethyl adjacent to an activating group) is 1. The van der Waals surface area contributed by atoms with Crippen LogP contribution in [0.4, 0.5) is 0 Å². The second kappa shape index (κ2) is 6.95. The van der Waals surface area contributed by atoms with Crippen molar-refractivity contribution in [3.8, 4) is 5.75 Å². The van der Waals surface area contributed by atoms with Crippen LogP contribution in [-0.2, 0) is 6.42 Å². The molecule has 1 saturated heterocycles. The SMILES string of the molecule is CCN1CCCC(Oc2ccc(CC(C)C)cc2)C1. The van der Waals surface area contributed by atoms with Crippen LogP contribution in [0.1, 0.15) is 39.2 Å². The second-order valence-electron chi connectivity index (χ2n) is 6.02. The quantitative estimate of drug-likeness (QED) is 0.800. The van der Waals surface area contributed by atoms with Gasteiger partial charge in [-0.1, -0.05) is 32.9 Å². The highest BCUT2D eigenvalue weighted by molar-refractivity contribution is 5.27. The molecule has 0 bridgehead atoms. The Morgan fingerprint density at radius 1 is 1.26 bits per heavy atom. The third-order valence-corrected chi connectivity index (χ3v) is 3.78. The van der Waals surface area contributed by atoms with Crippen LogP contribution in [0, 0.1) is 5.92 Å². The standard InChI is InChI=1S/C17H27NO/c1-4-18-11-5-6-17(13-18)19-16-9-7-15(8-10-16)12-14(2)3/h7-10,14,17H,4-6,11-13H2,1-3H3. The van der Waals surface area contributed by atoms with Crippen molar-refractivity contribution < 1.29 is 4.74 Å². The Bertz CT molecular complexity index is 371. The molecule has 2 rings (SSSR count). The minimum Gasteiger partial charge on any atom is -0.489 e. The van der Waals surface area contributed by atoms with E-state index < -0.39 is 0 Å². The molecule has 1 aromatic carbocycles. The first-order chi connectivity index (χ1) is 9.17. The van der Waals surface area contributed by atoms with Gasteiger partial charge in [0.1, 0.15) is 11.9 Å². The second-order valence-corrected chi connectivity index (χ2v) is 6.02. The topological polar surface area (TPSA) is 12.5 Å². The number of piperidine rings is 1. The van der Waals surface area contributed by atoms with E-state index in [4.69, 9.17) is 4.74 Å². The van der Waals surface area contributed by atoms with Crippen LogP contribution in [-0.4, -0.2) is 30.6 Å². The van der Waals surface area contributed by atoms with E-state index in [1.165, 1.54) is 24.9 Å². The Labute approximate surface area is 117 Å². The number of likely N-dealkylation sites (tertiary alicyclic amines) is 1. The zero-order chi connectivity index (χ0) is 13.7. The maximum Gasteiger partial charge on any atom is 0.119 e. The molecular formula is C17H27NO. The molecule has 1 aliphatic rings. The van der Waals surface area contributed by atoms with Gasteiger partial charge in [-0.25, -0.2) is 0 Å². The highest BCUT2D eigenvalue weighted by Crippen LogP contribution is 2.20. The number of ether oxygens (including phenoxy) is 1. The fourth-order valence-electron chi connectivity index (χ4n) is 2.76. The molecule has 1 heterocycles. The van der Waals surface area contributed by atoms with Crippen molar-refractivity contribution in [1.29, 1.82) is 0 Å². The molecular weight excluding hydrogens is 234 g/mol. The van der Waals surface area contributed by atoms with E-state index in [9.17, 15) is 0 Å². The zero-order valence-corrected chi connectivity index (χ0v) is 12.6. The summed E-state index contributed by atoms with van der Waals surface area (Å²) >= 11 is 0. The van der Waals surface area contributed by atoms with E-state index in [1.807, 2.05) is 0 Å². The Kier molecular flexibility index (Phi) is 5.26. The molecule has 0 N–H and O–H groups in total. The summed E-state index contributed by atoms with van der Waals surface area (Å²) in [4.78, 5) is 2.47. The van der Waals surface area contributed by atoms with Gasteiger partial charge in [-0.15, -0.1) is 0 Å². The lowest BCUT2D eigenvalue weighted by molar-refractivity contribution is 0.0919. The van der Waals surface area contributed by atoms with Crippen molar-refractivity contribution in [1.82, 2.24) is 4.90 Å². The summed E-state index contributed by atoms with van der Waals surface area (Å²) in [7, 11) is 0. The molecule has 1 fully saturated rings. The first kappa shape index (κ1) is 14.4. The maximum absolute atomic E-state index is 6.11. The average molecular weight is 261 g/mol.